The average Bonchev–Trinajstić information content (AvgIpc) is 2.47. The lowest BCUT2D eigenvalue weighted by Crippen LogP contribution is -2.16. The van der Waals surface area contributed by atoms with Crippen LogP contribution in [-0.4, -0.2) is 15.1 Å². The fourth-order valence-electron chi connectivity index (χ4n) is 2.96. The van der Waals surface area contributed by atoms with Crippen LogP contribution in [-0.2, 0) is 0 Å². The molecule has 0 radical (unpaired) electrons. The monoisotopic (exact) mass is 242 g/mol. The lowest BCUT2D eigenvalue weighted by molar-refractivity contribution is 0.0859. The Kier molecular flexibility index (Phi) is 3.24. The molecule has 0 bridgehead atoms. The summed E-state index contributed by atoms with van der Waals surface area (Å²) in [6.07, 6.45) is 9.01. The summed E-state index contributed by atoms with van der Waals surface area (Å²) in [5.41, 5.74) is 2.65. The first kappa shape index (κ1) is 11.6. The van der Waals surface area contributed by atoms with Crippen LogP contribution in [0.4, 0.5) is 0 Å². The van der Waals surface area contributed by atoms with Gasteiger partial charge in [0, 0.05) is 18.0 Å². The van der Waals surface area contributed by atoms with Gasteiger partial charge in [0.2, 0.25) is 0 Å². The fourth-order valence-corrected chi connectivity index (χ4v) is 2.96. The van der Waals surface area contributed by atoms with E-state index in [2.05, 4.69) is 9.97 Å². The van der Waals surface area contributed by atoms with Gasteiger partial charge in [-0.3, -0.25) is 9.97 Å². The van der Waals surface area contributed by atoms with Crippen LogP contribution in [0.15, 0.2) is 30.6 Å². The quantitative estimate of drug-likeness (QED) is 0.879. The number of nitrogens with zero attached hydrogens (tertiary/aromatic N) is 2. The molecule has 0 aliphatic heterocycles. The molecule has 1 unspecified atom stereocenters. The van der Waals surface area contributed by atoms with Crippen molar-refractivity contribution in [2.75, 3.05) is 0 Å². The number of aliphatic hydroxyl groups excluding tert-OH is 1. The van der Waals surface area contributed by atoms with Crippen molar-refractivity contribution >= 4 is 11.0 Å². The zero-order valence-corrected chi connectivity index (χ0v) is 10.4. The van der Waals surface area contributed by atoms with Gasteiger partial charge in [-0.2, -0.15) is 0 Å². The molecule has 1 saturated carbocycles. The number of fused-ring (bicyclic) bond motifs is 1. The number of hydrogen-bond donors (Lipinski definition) is 1. The van der Waals surface area contributed by atoms with Gasteiger partial charge < -0.3 is 5.11 Å². The first-order valence-corrected chi connectivity index (χ1v) is 6.74. The van der Waals surface area contributed by atoms with Gasteiger partial charge in [-0.1, -0.05) is 31.4 Å². The van der Waals surface area contributed by atoms with E-state index in [9.17, 15) is 5.11 Å². The molecule has 1 atom stereocenters. The van der Waals surface area contributed by atoms with Crippen LogP contribution in [0.5, 0.6) is 0 Å². The Balaban J connectivity index is 1.97. The molecule has 3 nitrogen and oxygen atoms in total. The van der Waals surface area contributed by atoms with Crippen molar-refractivity contribution in [2.45, 2.75) is 38.2 Å². The van der Waals surface area contributed by atoms with E-state index in [0.717, 1.165) is 29.4 Å². The lowest BCUT2D eigenvalue weighted by Gasteiger charge is -2.27. The minimum absolute atomic E-state index is 0.381. The zero-order chi connectivity index (χ0) is 12.4. The summed E-state index contributed by atoms with van der Waals surface area (Å²) >= 11 is 0. The van der Waals surface area contributed by atoms with Crippen molar-refractivity contribution in [2.24, 2.45) is 5.92 Å². The van der Waals surface area contributed by atoms with E-state index < -0.39 is 6.10 Å². The van der Waals surface area contributed by atoms with Gasteiger partial charge in [-0.15, -0.1) is 0 Å². The van der Waals surface area contributed by atoms with Crippen LogP contribution >= 0.6 is 0 Å². The molecule has 3 heteroatoms. The predicted octanol–water partition coefficient (Wildman–Crippen LogP) is 3.24. The van der Waals surface area contributed by atoms with E-state index >= 15 is 0 Å². The van der Waals surface area contributed by atoms with Crippen LogP contribution in [0.25, 0.3) is 11.0 Å². The zero-order valence-electron chi connectivity index (χ0n) is 10.4. The number of benzene rings is 1. The second-order valence-electron chi connectivity index (χ2n) is 5.11. The van der Waals surface area contributed by atoms with Crippen molar-refractivity contribution in [1.29, 1.82) is 0 Å². The molecule has 1 aliphatic rings. The molecule has 1 fully saturated rings. The number of rotatable bonds is 2. The molecule has 1 aromatic carbocycles. The summed E-state index contributed by atoms with van der Waals surface area (Å²) in [6.45, 7) is 0. The number of para-hydroxylation sites is 1. The molecule has 0 amide bonds. The molecule has 1 heterocycles. The van der Waals surface area contributed by atoms with E-state index in [1.54, 1.807) is 12.4 Å². The first-order chi connectivity index (χ1) is 8.86. The van der Waals surface area contributed by atoms with E-state index in [4.69, 9.17) is 0 Å². The van der Waals surface area contributed by atoms with Gasteiger partial charge >= 0.3 is 0 Å². The molecule has 3 rings (SSSR count). The maximum Gasteiger partial charge on any atom is 0.0944 e. The van der Waals surface area contributed by atoms with E-state index in [0.29, 0.717) is 5.92 Å². The maximum absolute atomic E-state index is 10.6. The van der Waals surface area contributed by atoms with Crippen LogP contribution in [0, 0.1) is 5.92 Å². The molecule has 1 N–H and O–H groups in total. The largest absolute Gasteiger partial charge is 0.388 e. The van der Waals surface area contributed by atoms with E-state index in [1.165, 1.54) is 19.3 Å². The molecule has 1 aliphatic carbocycles. The smallest absolute Gasteiger partial charge is 0.0944 e. The van der Waals surface area contributed by atoms with Crippen LogP contribution in [0.1, 0.15) is 43.8 Å². The average molecular weight is 242 g/mol. The Morgan fingerprint density at radius 3 is 2.67 bits per heavy atom. The number of hydrogen-bond acceptors (Lipinski definition) is 3. The second-order valence-corrected chi connectivity index (χ2v) is 5.11. The molecule has 1 aromatic heterocycles. The number of aliphatic hydroxyl groups is 1. The highest BCUT2D eigenvalue weighted by molar-refractivity contribution is 5.77. The van der Waals surface area contributed by atoms with Crippen molar-refractivity contribution in [1.82, 2.24) is 9.97 Å². The van der Waals surface area contributed by atoms with Gasteiger partial charge in [0.05, 0.1) is 17.1 Å². The first-order valence-electron chi connectivity index (χ1n) is 6.74. The van der Waals surface area contributed by atoms with Gasteiger partial charge in [0.1, 0.15) is 0 Å². The third-order valence-electron chi connectivity index (χ3n) is 3.94. The minimum atomic E-state index is -0.398. The summed E-state index contributed by atoms with van der Waals surface area (Å²) in [7, 11) is 0. The van der Waals surface area contributed by atoms with Crippen LogP contribution in [0.2, 0.25) is 0 Å². The van der Waals surface area contributed by atoms with Gasteiger partial charge in [-0.05, 0) is 24.8 Å². The molecule has 18 heavy (non-hydrogen) atoms. The molecule has 0 saturated heterocycles. The maximum atomic E-state index is 10.6. The highest BCUT2D eigenvalue weighted by atomic mass is 16.3. The summed E-state index contributed by atoms with van der Waals surface area (Å²) in [6, 6.07) is 5.88. The third kappa shape index (κ3) is 2.10. The fraction of sp³-hybridized carbons (Fsp3) is 0.467. The summed E-state index contributed by atoms with van der Waals surface area (Å²) in [5, 5.41) is 10.6. The van der Waals surface area contributed by atoms with Crippen molar-refractivity contribution < 1.29 is 5.11 Å². The van der Waals surface area contributed by atoms with Crippen LogP contribution < -0.4 is 0 Å². The topological polar surface area (TPSA) is 46.0 Å². The number of aromatic nitrogens is 2. The third-order valence-corrected chi connectivity index (χ3v) is 3.94. The van der Waals surface area contributed by atoms with Gasteiger partial charge in [0.25, 0.3) is 0 Å². The SMILES string of the molecule is OC(c1cccc2nccnc12)C1CCCCC1. The van der Waals surface area contributed by atoms with E-state index in [1.807, 2.05) is 18.2 Å². The molecular formula is C15H18N2O. The Hall–Kier alpha value is -1.48. The summed E-state index contributed by atoms with van der Waals surface area (Å²) in [5.74, 6) is 0.381. The Morgan fingerprint density at radius 1 is 1.06 bits per heavy atom. The molecule has 94 valence electrons. The highest BCUT2D eigenvalue weighted by Gasteiger charge is 2.24. The highest BCUT2D eigenvalue weighted by Crippen LogP contribution is 2.36. The molecular weight excluding hydrogens is 224 g/mol. The minimum Gasteiger partial charge on any atom is -0.388 e. The van der Waals surface area contributed by atoms with Crippen molar-refractivity contribution in [3.63, 3.8) is 0 Å². The van der Waals surface area contributed by atoms with E-state index in [-0.39, 0.29) is 0 Å². The van der Waals surface area contributed by atoms with Crippen molar-refractivity contribution in [3.05, 3.63) is 36.2 Å². The Bertz CT molecular complexity index is 530. The standard InChI is InChI=1S/C15H18N2O/c18-15(11-5-2-1-3-6-11)12-7-4-8-13-14(12)17-10-9-16-13/h4,7-11,15,18H,1-3,5-6H2. The van der Waals surface area contributed by atoms with Gasteiger partial charge in [-0.25, -0.2) is 0 Å². The van der Waals surface area contributed by atoms with Crippen LogP contribution in [0.3, 0.4) is 0 Å². The normalized spacial score (nSPS) is 18.9. The lowest BCUT2D eigenvalue weighted by atomic mass is 9.82. The summed E-state index contributed by atoms with van der Waals surface area (Å²) < 4.78 is 0. The van der Waals surface area contributed by atoms with Crippen molar-refractivity contribution in [3.8, 4) is 0 Å². The summed E-state index contributed by atoms with van der Waals surface area (Å²) in [4.78, 5) is 8.67. The molecule has 0 spiro atoms. The second kappa shape index (κ2) is 5.02. The van der Waals surface area contributed by atoms with Gasteiger partial charge in [0.15, 0.2) is 0 Å². The molecule has 2 aromatic rings. The Morgan fingerprint density at radius 2 is 1.83 bits per heavy atom. The Labute approximate surface area is 107 Å². The predicted molar refractivity (Wildman–Crippen MR) is 71.1 cm³/mol.